The van der Waals surface area contributed by atoms with Gasteiger partial charge in [0.15, 0.2) is 5.78 Å². The highest BCUT2D eigenvalue weighted by atomic mass is 16.3. The van der Waals surface area contributed by atoms with E-state index in [0.717, 1.165) is 5.56 Å². The fourth-order valence-corrected chi connectivity index (χ4v) is 3.86. The minimum atomic E-state index is -1.19. The number of ketones is 1. The van der Waals surface area contributed by atoms with Gasteiger partial charge in [-0.05, 0) is 80.6 Å². The van der Waals surface area contributed by atoms with Gasteiger partial charge in [0.25, 0.3) is 5.91 Å². The summed E-state index contributed by atoms with van der Waals surface area (Å²) < 4.78 is 0. The van der Waals surface area contributed by atoms with Gasteiger partial charge in [-0.2, -0.15) is 0 Å². The first kappa shape index (κ1) is 29.3. The minimum absolute atomic E-state index is 0.102. The summed E-state index contributed by atoms with van der Waals surface area (Å²) in [5, 5.41) is 24.1. The molecule has 0 spiro atoms. The zero-order valence-electron chi connectivity index (χ0n) is 22.3. The van der Waals surface area contributed by atoms with Crippen LogP contribution in [0.1, 0.15) is 39.5 Å². The molecule has 3 aromatic carbocycles. The van der Waals surface area contributed by atoms with Gasteiger partial charge in [0.1, 0.15) is 12.6 Å². The van der Waals surface area contributed by atoms with Crippen molar-refractivity contribution in [3.63, 3.8) is 0 Å². The van der Waals surface area contributed by atoms with Crippen LogP contribution in [0.15, 0.2) is 72.8 Å². The number of carbonyl (C=O) groups excluding carboxylic acids is 3. The van der Waals surface area contributed by atoms with E-state index in [9.17, 15) is 19.5 Å². The molecule has 0 saturated heterocycles. The normalized spacial score (nSPS) is 12.2. The average molecular weight is 528 g/mol. The number of nitrogens with zero attached hydrogens (tertiary/aromatic N) is 1. The smallest absolute Gasteiger partial charge is 0.251 e. The molecule has 0 aliphatic carbocycles. The summed E-state index contributed by atoms with van der Waals surface area (Å²) in [6.45, 7) is 3.60. The van der Waals surface area contributed by atoms with Gasteiger partial charge in [0.05, 0.1) is 12.6 Å². The molecule has 8 heteroatoms. The molecule has 39 heavy (non-hydrogen) atoms. The maximum atomic E-state index is 12.5. The Bertz CT molecular complexity index is 1360. The van der Waals surface area contributed by atoms with E-state index in [1.165, 1.54) is 18.1 Å². The first-order valence-corrected chi connectivity index (χ1v) is 12.5. The van der Waals surface area contributed by atoms with Gasteiger partial charge in [0.2, 0.25) is 5.91 Å². The number of hydrogen-bond donors (Lipinski definition) is 4. The molecule has 0 aromatic heterocycles. The molecule has 0 heterocycles. The number of aliphatic hydroxyl groups excluding tert-OH is 2. The van der Waals surface area contributed by atoms with Crippen molar-refractivity contribution < 1.29 is 24.6 Å². The zero-order valence-corrected chi connectivity index (χ0v) is 22.3. The molecule has 202 valence electrons. The van der Waals surface area contributed by atoms with E-state index in [0.29, 0.717) is 23.4 Å². The first-order valence-electron chi connectivity index (χ1n) is 12.5. The van der Waals surface area contributed by atoms with Gasteiger partial charge >= 0.3 is 0 Å². The predicted molar refractivity (Wildman–Crippen MR) is 150 cm³/mol. The molecule has 0 unspecified atom stereocenters. The van der Waals surface area contributed by atoms with E-state index in [4.69, 9.17) is 5.11 Å². The average Bonchev–Trinajstić information content (AvgIpc) is 2.92. The number of rotatable bonds is 10. The lowest BCUT2D eigenvalue weighted by Gasteiger charge is -2.19. The topological polar surface area (TPSA) is 119 Å². The first-order chi connectivity index (χ1) is 18.7. The zero-order chi connectivity index (χ0) is 28.4. The van der Waals surface area contributed by atoms with E-state index in [2.05, 4.69) is 41.5 Å². The summed E-state index contributed by atoms with van der Waals surface area (Å²) in [6.07, 6.45) is -1.14. The van der Waals surface area contributed by atoms with Crippen LogP contribution >= 0.6 is 0 Å². The molecule has 0 radical (unpaired) electrons. The molecule has 0 aliphatic heterocycles. The number of Topliss-reactive ketones (excluding diaryl/α,β-unsaturated/α-hetero) is 1. The van der Waals surface area contributed by atoms with Gasteiger partial charge in [-0.1, -0.05) is 36.1 Å². The van der Waals surface area contributed by atoms with Crippen LogP contribution in [0, 0.1) is 18.8 Å². The summed E-state index contributed by atoms with van der Waals surface area (Å²) in [4.78, 5) is 38.6. The maximum absolute atomic E-state index is 12.5. The van der Waals surface area contributed by atoms with Crippen LogP contribution in [-0.4, -0.2) is 65.1 Å². The lowest BCUT2D eigenvalue weighted by Crippen LogP contribution is -2.48. The molecule has 0 bridgehead atoms. The summed E-state index contributed by atoms with van der Waals surface area (Å²) in [5.41, 5.74) is 4.80. The van der Waals surface area contributed by atoms with Gasteiger partial charge < -0.3 is 20.8 Å². The van der Waals surface area contributed by atoms with E-state index in [1.54, 1.807) is 36.4 Å². The van der Waals surface area contributed by atoms with Crippen molar-refractivity contribution in [3.05, 3.63) is 101 Å². The van der Waals surface area contributed by atoms with Crippen LogP contribution in [0.25, 0.3) is 0 Å². The van der Waals surface area contributed by atoms with Gasteiger partial charge in [-0.25, -0.2) is 0 Å². The number of hydrogen-bond acceptors (Lipinski definition) is 6. The van der Waals surface area contributed by atoms with Crippen molar-refractivity contribution in [1.29, 1.82) is 0 Å². The van der Waals surface area contributed by atoms with E-state index < -0.39 is 30.4 Å². The highest BCUT2D eigenvalue weighted by molar-refractivity contribution is 5.98. The highest BCUT2D eigenvalue weighted by Crippen LogP contribution is 2.12. The lowest BCUT2D eigenvalue weighted by atomic mass is 10.1. The van der Waals surface area contributed by atoms with Crippen LogP contribution in [0.4, 0.5) is 5.69 Å². The van der Waals surface area contributed by atoms with Crippen molar-refractivity contribution in [1.82, 2.24) is 10.2 Å². The minimum Gasteiger partial charge on any atom is -0.391 e. The van der Waals surface area contributed by atoms with Crippen molar-refractivity contribution in [2.24, 2.45) is 0 Å². The number of carbonyl (C=O) groups is 3. The Labute approximate surface area is 228 Å². The molecule has 2 atom stereocenters. The largest absolute Gasteiger partial charge is 0.391 e. The lowest BCUT2D eigenvalue weighted by molar-refractivity contribution is -0.126. The van der Waals surface area contributed by atoms with Crippen molar-refractivity contribution in [2.45, 2.75) is 32.5 Å². The van der Waals surface area contributed by atoms with Crippen LogP contribution in [0.5, 0.6) is 0 Å². The monoisotopic (exact) mass is 527 g/mol. The van der Waals surface area contributed by atoms with Crippen molar-refractivity contribution in [2.75, 3.05) is 25.5 Å². The van der Waals surface area contributed by atoms with E-state index in [1.807, 2.05) is 36.2 Å². The molecule has 2 amide bonds. The standard InChI is InChI=1S/C31H33N3O5/c1-21-6-4-5-7-26(21)18-34(3)19-29(38)32-27-16-12-24(13-17-27)9-8-23-10-14-25(15-11-23)31(39)33-30(22(2)36)28(37)20-35/h4-7,10-17,22,30,35-36H,18-20H2,1-3H3,(H,32,38)(H,33,39)/t22-,30+/m1/s1. The Morgan fingerprint density at radius 1 is 0.923 bits per heavy atom. The summed E-state index contributed by atoms with van der Waals surface area (Å²) in [5.74, 6) is 4.76. The predicted octanol–water partition coefficient (Wildman–Crippen LogP) is 2.51. The quantitative estimate of drug-likeness (QED) is 0.301. The molecule has 8 nitrogen and oxygen atoms in total. The third kappa shape index (κ3) is 8.90. The Hall–Kier alpha value is -4.29. The number of likely N-dealkylation sites (N-methyl/N-ethyl adjacent to an activating group) is 1. The summed E-state index contributed by atoms with van der Waals surface area (Å²) >= 11 is 0. The van der Waals surface area contributed by atoms with Crippen LogP contribution in [-0.2, 0) is 16.1 Å². The van der Waals surface area contributed by atoms with Crippen LogP contribution in [0.2, 0.25) is 0 Å². The third-order valence-electron chi connectivity index (χ3n) is 6.05. The van der Waals surface area contributed by atoms with E-state index in [-0.39, 0.29) is 12.5 Å². The second-order valence-electron chi connectivity index (χ2n) is 9.37. The molecule has 0 saturated carbocycles. The highest BCUT2D eigenvalue weighted by Gasteiger charge is 2.25. The molecule has 3 rings (SSSR count). The molecule has 4 N–H and O–H groups in total. The Balaban J connectivity index is 1.53. The number of benzene rings is 3. The number of amides is 2. The Kier molecular flexibility index (Phi) is 10.5. The van der Waals surface area contributed by atoms with E-state index >= 15 is 0 Å². The van der Waals surface area contributed by atoms with Gasteiger partial charge in [-0.15, -0.1) is 0 Å². The van der Waals surface area contributed by atoms with Crippen molar-refractivity contribution >= 4 is 23.3 Å². The second-order valence-corrected chi connectivity index (χ2v) is 9.37. The maximum Gasteiger partial charge on any atom is 0.251 e. The van der Waals surface area contributed by atoms with Gasteiger partial charge in [-0.3, -0.25) is 19.3 Å². The number of nitrogens with one attached hydrogen (secondary N) is 2. The Morgan fingerprint density at radius 3 is 2.08 bits per heavy atom. The summed E-state index contributed by atoms with van der Waals surface area (Å²) in [6, 6.07) is 20.6. The third-order valence-corrected chi connectivity index (χ3v) is 6.05. The van der Waals surface area contributed by atoms with Crippen molar-refractivity contribution in [3.8, 4) is 11.8 Å². The van der Waals surface area contributed by atoms with Crippen LogP contribution in [0.3, 0.4) is 0 Å². The second kappa shape index (κ2) is 14.0. The fraction of sp³-hybridized carbons (Fsp3) is 0.258. The molecule has 3 aromatic rings. The fourth-order valence-electron chi connectivity index (χ4n) is 3.86. The number of anilines is 1. The number of aryl methyl sites for hydroxylation is 1. The SMILES string of the molecule is Cc1ccccc1CN(C)CC(=O)Nc1ccc(C#Cc2ccc(C(=O)N[C@H](C(=O)CO)[C@@H](C)O)cc2)cc1. The molecule has 0 fully saturated rings. The molecular formula is C31H33N3O5. The Morgan fingerprint density at radius 2 is 1.51 bits per heavy atom. The van der Waals surface area contributed by atoms with Crippen LogP contribution < -0.4 is 10.6 Å². The molecular weight excluding hydrogens is 494 g/mol. The summed E-state index contributed by atoms with van der Waals surface area (Å²) in [7, 11) is 1.91. The van der Waals surface area contributed by atoms with Gasteiger partial charge in [0, 0.05) is 28.9 Å². The molecule has 0 aliphatic rings. The number of aliphatic hydroxyl groups is 2.